The first-order valence-electron chi connectivity index (χ1n) is 23.1. The van der Waals surface area contributed by atoms with Gasteiger partial charge in [-0.05, 0) is 92.7 Å². The second kappa shape index (κ2) is 21.4. The van der Waals surface area contributed by atoms with Crippen molar-refractivity contribution in [2.75, 3.05) is 27.7 Å². The number of carbonyl (C=O) groups is 4. The summed E-state index contributed by atoms with van der Waals surface area (Å²) in [7, 11) is 5.14. The third-order valence-corrected chi connectivity index (χ3v) is 14.2. The molecule has 0 unspecified atom stereocenters. The molecule has 18 atom stereocenters. The van der Waals surface area contributed by atoms with Crippen LogP contribution >= 0.6 is 0 Å². The third kappa shape index (κ3) is 11.8. The number of likely N-dealkylation sites (N-methyl/N-ethyl adjacent to an activating group) is 1. The standard InChI is InChI=1S/C48H75N3O15/c1-24-22-46(8,58)42(66-45-39(63-30(7)52)34(51(11)12)20-25(2)61-45)27(4)38(65-36-23-47(9,60-13)41(55)29(6)62-36)28(5)44(57)64-35(48(10,59)40(54)26(3)37(24)53)17-19-50-43(56)32-14-15-33-31(21-32)16-18-49-33/h14-16,18,21,24-29,34-36,38-42,45,49,54-55,58-59H,17,19-20,22-23H2,1-13H3,(H,50,56)/t24-,25-,26+,27+,28-,29+,34+,35-,36+,38+,39-,40-,41+,42-,45+,46-,47-,48-/m1/s1. The second-order valence-electron chi connectivity index (χ2n) is 20.0. The second-order valence-corrected chi connectivity index (χ2v) is 20.0. The molecule has 1 amide bonds. The molecule has 0 aliphatic carbocycles. The van der Waals surface area contributed by atoms with Gasteiger partial charge in [0, 0.05) is 73.8 Å². The van der Waals surface area contributed by atoms with E-state index in [0.717, 1.165) is 10.9 Å². The van der Waals surface area contributed by atoms with Crippen molar-refractivity contribution in [1.29, 1.82) is 0 Å². The van der Waals surface area contributed by atoms with E-state index >= 15 is 0 Å². The molecule has 18 heteroatoms. The number of ketones is 1. The molecule has 5 rings (SSSR count). The highest BCUT2D eigenvalue weighted by atomic mass is 16.7. The van der Waals surface area contributed by atoms with E-state index in [1.165, 1.54) is 34.8 Å². The number of hydrogen-bond acceptors (Lipinski definition) is 16. The lowest BCUT2D eigenvalue weighted by atomic mass is 9.74. The molecule has 3 fully saturated rings. The average molecular weight is 934 g/mol. The average Bonchev–Trinajstić information content (AvgIpc) is 3.73. The molecule has 4 heterocycles. The van der Waals surface area contributed by atoms with Gasteiger partial charge in [-0.3, -0.25) is 19.2 Å². The van der Waals surface area contributed by atoms with Gasteiger partial charge in [-0.25, -0.2) is 0 Å². The molecule has 6 N–H and O–H groups in total. The van der Waals surface area contributed by atoms with Crippen LogP contribution in [0.2, 0.25) is 0 Å². The van der Waals surface area contributed by atoms with E-state index in [1.54, 1.807) is 59.0 Å². The van der Waals surface area contributed by atoms with Gasteiger partial charge in [-0.2, -0.15) is 0 Å². The minimum Gasteiger partial charge on any atom is -0.459 e. The Morgan fingerprint density at radius 2 is 1.61 bits per heavy atom. The lowest BCUT2D eigenvalue weighted by molar-refractivity contribution is -0.318. The van der Waals surface area contributed by atoms with Crippen molar-refractivity contribution in [3.8, 4) is 0 Å². The molecular formula is C48H75N3O15. The van der Waals surface area contributed by atoms with Gasteiger partial charge in [-0.15, -0.1) is 0 Å². The van der Waals surface area contributed by atoms with Gasteiger partial charge >= 0.3 is 11.9 Å². The summed E-state index contributed by atoms with van der Waals surface area (Å²) < 4.78 is 43.9. The molecule has 2 aromatic rings. The Hall–Kier alpha value is -3.56. The van der Waals surface area contributed by atoms with E-state index in [4.69, 9.17) is 33.2 Å². The fourth-order valence-corrected chi connectivity index (χ4v) is 10.2. The van der Waals surface area contributed by atoms with Gasteiger partial charge in [0.1, 0.15) is 23.6 Å². The highest BCUT2D eigenvalue weighted by Gasteiger charge is 2.54. The zero-order valence-corrected chi connectivity index (χ0v) is 40.8. The summed E-state index contributed by atoms with van der Waals surface area (Å²) in [5.74, 6) is -6.74. The number of rotatable bonds is 11. The Morgan fingerprint density at radius 1 is 0.924 bits per heavy atom. The van der Waals surface area contributed by atoms with Crippen molar-refractivity contribution in [3.05, 3.63) is 36.0 Å². The number of H-pyrrole nitrogens is 1. The summed E-state index contributed by atoms with van der Waals surface area (Å²) in [6, 6.07) is 6.63. The molecule has 3 aliphatic heterocycles. The van der Waals surface area contributed by atoms with E-state index in [9.17, 15) is 39.6 Å². The molecule has 3 saturated heterocycles. The summed E-state index contributed by atoms with van der Waals surface area (Å²) in [5, 5.41) is 51.5. The number of aliphatic hydroxyl groups is 4. The van der Waals surface area contributed by atoms with Crippen LogP contribution in [-0.4, -0.2) is 166 Å². The quantitative estimate of drug-likeness (QED) is 0.177. The molecule has 0 saturated carbocycles. The molecule has 3 aliphatic rings. The van der Waals surface area contributed by atoms with E-state index in [0.29, 0.717) is 12.0 Å². The Balaban J connectivity index is 1.57. The number of aliphatic hydroxyl groups excluding tert-OH is 2. The van der Waals surface area contributed by atoms with Gasteiger partial charge < -0.3 is 68.8 Å². The number of aromatic amines is 1. The highest BCUT2D eigenvalue weighted by molar-refractivity contribution is 5.98. The van der Waals surface area contributed by atoms with Crippen LogP contribution in [0, 0.1) is 23.7 Å². The summed E-state index contributed by atoms with van der Waals surface area (Å²) >= 11 is 0. The lowest BCUT2D eigenvalue weighted by Crippen LogP contribution is -2.61. The maximum atomic E-state index is 14.7. The number of carbonyl (C=O) groups excluding carboxylic acids is 4. The van der Waals surface area contributed by atoms with Crippen LogP contribution in [0.4, 0.5) is 0 Å². The predicted molar refractivity (Wildman–Crippen MR) is 241 cm³/mol. The number of nitrogens with zero attached hydrogens (tertiary/aromatic N) is 1. The lowest BCUT2D eigenvalue weighted by Gasteiger charge is -2.49. The van der Waals surface area contributed by atoms with Crippen LogP contribution in [0.3, 0.4) is 0 Å². The van der Waals surface area contributed by atoms with E-state index < -0.39 is 119 Å². The van der Waals surface area contributed by atoms with Crippen molar-refractivity contribution in [3.63, 3.8) is 0 Å². The minimum absolute atomic E-state index is 0.0217. The first-order valence-corrected chi connectivity index (χ1v) is 23.1. The maximum absolute atomic E-state index is 14.7. The predicted octanol–water partition coefficient (Wildman–Crippen LogP) is 3.25. The molecule has 18 nitrogen and oxygen atoms in total. The number of benzene rings is 1. The number of cyclic esters (lactones) is 1. The van der Waals surface area contributed by atoms with Crippen molar-refractivity contribution in [2.24, 2.45) is 23.7 Å². The zero-order valence-electron chi connectivity index (χ0n) is 40.8. The first kappa shape index (κ1) is 53.4. The number of aromatic nitrogens is 1. The van der Waals surface area contributed by atoms with Crippen molar-refractivity contribution < 1.29 is 72.8 Å². The molecule has 0 bridgehead atoms. The molecule has 1 aromatic carbocycles. The monoisotopic (exact) mass is 934 g/mol. The first-order chi connectivity index (χ1) is 30.7. The Bertz CT molecular complexity index is 1990. The maximum Gasteiger partial charge on any atom is 0.311 e. The number of methoxy groups -OCH3 is 1. The minimum atomic E-state index is -2.23. The Morgan fingerprint density at radius 3 is 2.24 bits per heavy atom. The number of amides is 1. The molecule has 0 spiro atoms. The number of fused-ring (bicyclic) bond motifs is 1. The fourth-order valence-electron chi connectivity index (χ4n) is 10.2. The van der Waals surface area contributed by atoms with Crippen LogP contribution in [-0.2, 0) is 47.5 Å². The van der Waals surface area contributed by atoms with Gasteiger partial charge in [0.05, 0.1) is 53.7 Å². The van der Waals surface area contributed by atoms with Gasteiger partial charge in [0.15, 0.2) is 18.7 Å². The molecule has 66 heavy (non-hydrogen) atoms. The van der Waals surface area contributed by atoms with Crippen molar-refractivity contribution in [1.82, 2.24) is 15.2 Å². The van der Waals surface area contributed by atoms with E-state index in [1.807, 2.05) is 32.0 Å². The van der Waals surface area contributed by atoms with Crippen LogP contribution in [0.15, 0.2) is 30.5 Å². The summed E-state index contributed by atoms with van der Waals surface area (Å²) in [5.41, 5.74) is -4.04. The molecule has 1 aromatic heterocycles. The summed E-state index contributed by atoms with van der Waals surface area (Å²) in [6.45, 7) is 15.5. The van der Waals surface area contributed by atoms with Crippen LogP contribution in [0.5, 0.6) is 0 Å². The molecular weight excluding hydrogens is 859 g/mol. The topological polar surface area (TPSA) is 245 Å². The number of nitrogens with one attached hydrogen (secondary N) is 2. The Kier molecular flexibility index (Phi) is 17.3. The van der Waals surface area contributed by atoms with Crippen molar-refractivity contribution >= 4 is 34.5 Å². The van der Waals surface area contributed by atoms with Crippen molar-refractivity contribution in [2.45, 2.75) is 179 Å². The highest BCUT2D eigenvalue weighted by Crippen LogP contribution is 2.41. The largest absolute Gasteiger partial charge is 0.459 e. The number of ether oxygens (including phenoxy) is 7. The number of esters is 2. The zero-order chi connectivity index (χ0) is 49.2. The SMILES string of the molecule is CO[C@]1(C)C[C@H](O[C@H]2[C@H](C)[C@@H](O[C@@H]3O[C@H](C)C[C@H](N(C)C)[C@H]3OC(C)=O)[C@](C)(O)C[C@@H](C)C(=O)[C@H](C)[C@@H](O)[C@](C)(O)[C@@H](CCNC(=O)c3ccc4[nH]ccc4c3)OC(=O)[C@@H]2C)O[C@@H](C)[C@@H]1O. The molecule has 372 valence electrons. The van der Waals surface area contributed by atoms with E-state index in [-0.39, 0.29) is 38.0 Å². The Labute approximate surface area is 388 Å². The van der Waals surface area contributed by atoms with Crippen LogP contribution in [0.1, 0.15) is 105 Å². The number of hydrogen-bond donors (Lipinski definition) is 6. The normalized spacial score (nSPS) is 41.0. The fraction of sp³-hybridized carbons (Fsp3) is 0.750. The van der Waals surface area contributed by atoms with Gasteiger partial charge in [0.25, 0.3) is 5.91 Å². The molecule has 0 radical (unpaired) electrons. The van der Waals surface area contributed by atoms with E-state index in [2.05, 4.69) is 10.3 Å². The van der Waals surface area contributed by atoms with Gasteiger partial charge in [0.2, 0.25) is 0 Å². The third-order valence-electron chi connectivity index (χ3n) is 14.2. The summed E-state index contributed by atoms with van der Waals surface area (Å²) in [4.78, 5) is 59.9. The number of Topliss-reactive ketones (excluding diaryl/α,β-unsaturated/α-hetero) is 1. The van der Waals surface area contributed by atoms with Crippen LogP contribution < -0.4 is 5.32 Å². The van der Waals surface area contributed by atoms with Crippen LogP contribution in [0.25, 0.3) is 10.9 Å². The smallest absolute Gasteiger partial charge is 0.311 e. The summed E-state index contributed by atoms with van der Waals surface area (Å²) in [6.07, 6.45) is -9.41. The van der Waals surface area contributed by atoms with Gasteiger partial charge in [-0.1, -0.05) is 20.8 Å².